The van der Waals surface area contributed by atoms with Gasteiger partial charge in [-0.1, -0.05) is 54.6 Å². The van der Waals surface area contributed by atoms with Crippen LogP contribution in [0.2, 0.25) is 0 Å². The van der Waals surface area contributed by atoms with E-state index < -0.39 is 0 Å². The van der Waals surface area contributed by atoms with Crippen molar-refractivity contribution in [2.24, 2.45) is 0 Å². The molecule has 0 aliphatic carbocycles. The van der Waals surface area contributed by atoms with E-state index in [2.05, 4.69) is 67.7 Å². The molecule has 4 aromatic carbocycles. The van der Waals surface area contributed by atoms with E-state index in [1.807, 2.05) is 6.07 Å². The van der Waals surface area contributed by atoms with E-state index >= 15 is 0 Å². The van der Waals surface area contributed by atoms with Gasteiger partial charge in [0.1, 0.15) is 32.8 Å². The zero-order valence-electron chi connectivity index (χ0n) is 24.6. The van der Waals surface area contributed by atoms with Crippen LogP contribution < -0.4 is 9.47 Å². The molecule has 42 heavy (non-hydrogen) atoms. The first-order valence-electron chi connectivity index (χ1n) is 15.1. The number of rotatable bonds is 4. The molecule has 1 fully saturated rings. The van der Waals surface area contributed by atoms with Crippen LogP contribution in [0.5, 0.6) is 11.5 Å². The smallest absolute Gasteiger partial charge is 0.161 e. The van der Waals surface area contributed by atoms with Crippen molar-refractivity contribution in [2.45, 2.75) is 13.0 Å². The Labute approximate surface area is 248 Å². The van der Waals surface area contributed by atoms with Crippen LogP contribution in [0.15, 0.2) is 66.7 Å². The largest absolute Gasteiger partial charge is 0.487 e. The number of likely N-dealkylation sites (N-methyl/N-ethyl adjacent to an activating group) is 1. The Morgan fingerprint density at radius 2 is 1.00 bits per heavy atom. The standard InChI is InChI=1S/C35H42NO6/c1-36(12-14-37-15-13-36)26-33-30-8-4-2-6-28(30)32(29-7-3-5-9-31(29)33)24-27-10-11-34-35(25-27)42-23-21-40-19-17-38-16-18-39-20-22-41-34/h2-11,25H,12-24,26H2,1H3/q+1. The summed E-state index contributed by atoms with van der Waals surface area (Å²) in [5, 5.41) is 5.30. The summed E-state index contributed by atoms with van der Waals surface area (Å²) in [7, 11) is 2.36. The van der Waals surface area contributed by atoms with Gasteiger partial charge >= 0.3 is 0 Å². The molecule has 0 unspecified atom stereocenters. The fourth-order valence-electron chi connectivity index (χ4n) is 6.05. The molecule has 0 bridgehead atoms. The number of quaternary nitrogens is 1. The fourth-order valence-corrected chi connectivity index (χ4v) is 6.05. The van der Waals surface area contributed by atoms with Gasteiger partial charge in [-0.25, -0.2) is 0 Å². The highest BCUT2D eigenvalue weighted by atomic mass is 16.6. The lowest BCUT2D eigenvalue weighted by Crippen LogP contribution is -2.51. The normalized spacial score (nSPS) is 18.8. The molecule has 4 aromatic rings. The van der Waals surface area contributed by atoms with Gasteiger partial charge in [0.05, 0.1) is 59.9 Å². The summed E-state index contributed by atoms with van der Waals surface area (Å²) >= 11 is 0. The van der Waals surface area contributed by atoms with Gasteiger partial charge in [-0.15, -0.1) is 0 Å². The van der Waals surface area contributed by atoms with Gasteiger partial charge in [0.25, 0.3) is 0 Å². The van der Waals surface area contributed by atoms with Crippen LogP contribution in [0, 0.1) is 0 Å². The highest BCUT2D eigenvalue weighted by Crippen LogP contribution is 2.37. The van der Waals surface area contributed by atoms with Crippen molar-refractivity contribution in [1.29, 1.82) is 0 Å². The molecular weight excluding hydrogens is 530 g/mol. The average Bonchev–Trinajstić information content (AvgIpc) is 3.02. The Hall–Kier alpha value is -3.20. The molecule has 2 aliphatic heterocycles. The Kier molecular flexibility index (Phi) is 9.53. The first kappa shape index (κ1) is 28.9. The molecule has 0 spiro atoms. The van der Waals surface area contributed by atoms with Crippen LogP contribution in [0.3, 0.4) is 0 Å². The molecule has 2 heterocycles. The summed E-state index contributed by atoms with van der Waals surface area (Å²) in [6.45, 7) is 8.76. The third kappa shape index (κ3) is 6.88. The fraction of sp³-hybridized carbons (Fsp3) is 0.429. The van der Waals surface area contributed by atoms with Crippen molar-refractivity contribution in [3.05, 3.63) is 83.4 Å². The molecule has 2 aliphatic rings. The number of ether oxygens (including phenoxy) is 6. The van der Waals surface area contributed by atoms with Crippen LogP contribution in [0.1, 0.15) is 16.7 Å². The second-order valence-electron chi connectivity index (χ2n) is 11.4. The van der Waals surface area contributed by atoms with E-state index in [0.29, 0.717) is 52.9 Å². The van der Waals surface area contributed by atoms with Gasteiger partial charge in [-0.3, -0.25) is 0 Å². The van der Waals surface area contributed by atoms with Gasteiger partial charge in [0.2, 0.25) is 0 Å². The molecule has 0 N–H and O–H groups in total. The molecule has 6 rings (SSSR count). The molecule has 222 valence electrons. The lowest BCUT2D eigenvalue weighted by atomic mass is 9.88. The average molecular weight is 573 g/mol. The summed E-state index contributed by atoms with van der Waals surface area (Å²) in [6, 6.07) is 24.1. The van der Waals surface area contributed by atoms with Crippen LogP contribution in [0.25, 0.3) is 21.5 Å². The molecule has 0 amide bonds. The SMILES string of the molecule is C[N+]1(Cc2c3ccccc3c(Cc3ccc4c(c3)OCCOCCOCCOCCO4)c3ccccc23)CCOCC1. The minimum atomic E-state index is 0.443. The quantitative estimate of drug-likeness (QED) is 0.242. The monoisotopic (exact) mass is 572 g/mol. The Morgan fingerprint density at radius 1 is 0.524 bits per heavy atom. The number of morpholine rings is 1. The Morgan fingerprint density at radius 3 is 1.57 bits per heavy atom. The minimum Gasteiger partial charge on any atom is -0.487 e. The lowest BCUT2D eigenvalue weighted by Gasteiger charge is -2.38. The maximum absolute atomic E-state index is 6.19. The highest BCUT2D eigenvalue weighted by Gasteiger charge is 2.28. The van der Waals surface area contributed by atoms with Gasteiger partial charge < -0.3 is 32.9 Å². The number of fused-ring (bicyclic) bond motifs is 3. The maximum atomic E-state index is 6.19. The van der Waals surface area contributed by atoms with E-state index in [4.69, 9.17) is 28.4 Å². The summed E-state index contributed by atoms with van der Waals surface area (Å²) in [6.07, 6.45) is 0.787. The topological polar surface area (TPSA) is 55.4 Å². The van der Waals surface area contributed by atoms with Gasteiger partial charge in [-0.2, -0.15) is 0 Å². The van der Waals surface area contributed by atoms with E-state index in [0.717, 1.165) is 55.3 Å². The van der Waals surface area contributed by atoms with E-state index in [-0.39, 0.29) is 0 Å². The van der Waals surface area contributed by atoms with Crippen molar-refractivity contribution < 1.29 is 32.9 Å². The molecule has 7 nitrogen and oxygen atoms in total. The summed E-state index contributed by atoms with van der Waals surface area (Å²) < 4.78 is 35.8. The number of nitrogens with zero attached hydrogens (tertiary/aromatic N) is 1. The number of hydrogen-bond donors (Lipinski definition) is 0. The van der Waals surface area contributed by atoms with Crippen molar-refractivity contribution >= 4 is 21.5 Å². The van der Waals surface area contributed by atoms with Crippen LogP contribution in [0.4, 0.5) is 0 Å². The predicted molar refractivity (Wildman–Crippen MR) is 165 cm³/mol. The number of hydrogen-bond acceptors (Lipinski definition) is 6. The molecule has 0 aromatic heterocycles. The zero-order valence-corrected chi connectivity index (χ0v) is 24.6. The predicted octanol–water partition coefficient (Wildman–Crippen LogP) is 5.38. The molecule has 0 radical (unpaired) electrons. The molecule has 0 atom stereocenters. The van der Waals surface area contributed by atoms with Crippen LogP contribution >= 0.6 is 0 Å². The second-order valence-corrected chi connectivity index (χ2v) is 11.4. The summed E-state index contributed by atoms with van der Waals surface area (Å²) in [5.41, 5.74) is 3.94. The minimum absolute atomic E-state index is 0.443. The maximum Gasteiger partial charge on any atom is 0.161 e. The first-order chi connectivity index (χ1) is 20.7. The zero-order chi connectivity index (χ0) is 28.6. The molecule has 7 heteroatoms. The van der Waals surface area contributed by atoms with Gasteiger partial charge in [-0.05, 0) is 51.2 Å². The number of benzene rings is 4. The third-order valence-electron chi connectivity index (χ3n) is 8.35. The molecule has 1 saturated heterocycles. The Bertz CT molecular complexity index is 1420. The van der Waals surface area contributed by atoms with Crippen LogP contribution in [-0.2, 0) is 31.9 Å². The summed E-state index contributed by atoms with van der Waals surface area (Å²) in [5.74, 6) is 1.46. The summed E-state index contributed by atoms with van der Waals surface area (Å²) in [4.78, 5) is 0. The van der Waals surface area contributed by atoms with Crippen LogP contribution in [-0.4, -0.2) is 90.7 Å². The van der Waals surface area contributed by atoms with Crippen molar-refractivity contribution in [1.82, 2.24) is 0 Å². The lowest BCUT2D eigenvalue weighted by molar-refractivity contribution is -0.929. The molecule has 0 saturated carbocycles. The van der Waals surface area contributed by atoms with Gasteiger partial charge in [0.15, 0.2) is 11.5 Å². The first-order valence-corrected chi connectivity index (χ1v) is 15.1. The van der Waals surface area contributed by atoms with Crippen molar-refractivity contribution in [3.63, 3.8) is 0 Å². The third-order valence-corrected chi connectivity index (χ3v) is 8.35. The van der Waals surface area contributed by atoms with E-state index in [1.165, 1.54) is 38.2 Å². The highest BCUT2D eigenvalue weighted by molar-refractivity contribution is 6.06. The van der Waals surface area contributed by atoms with Crippen molar-refractivity contribution in [2.75, 3.05) is 86.2 Å². The molecular formula is C35H42NO6+. The van der Waals surface area contributed by atoms with Crippen molar-refractivity contribution in [3.8, 4) is 11.5 Å². The second kappa shape index (κ2) is 13.8. The van der Waals surface area contributed by atoms with E-state index in [1.54, 1.807) is 0 Å². The Balaban J connectivity index is 1.34. The van der Waals surface area contributed by atoms with Gasteiger partial charge in [0, 0.05) is 5.56 Å². The van der Waals surface area contributed by atoms with E-state index in [9.17, 15) is 0 Å².